The Morgan fingerprint density at radius 1 is 1.56 bits per heavy atom. The predicted octanol–water partition coefficient (Wildman–Crippen LogP) is 4.54. The minimum absolute atomic E-state index is 0.139. The van der Waals surface area contributed by atoms with Gasteiger partial charge in [0.2, 0.25) is 0 Å². The predicted molar refractivity (Wildman–Crippen MR) is 74.0 cm³/mol. The first-order valence-corrected chi connectivity index (χ1v) is 6.75. The van der Waals surface area contributed by atoms with Crippen LogP contribution in [-0.2, 0) is 6.54 Å². The minimum atomic E-state index is -0.417. The van der Waals surface area contributed by atoms with E-state index in [2.05, 4.69) is 18.8 Å². The molecular formula is C13H14ClFN2S. The van der Waals surface area contributed by atoms with E-state index in [0.717, 1.165) is 12.1 Å². The van der Waals surface area contributed by atoms with Gasteiger partial charge in [-0.2, -0.15) is 0 Å². The molecule has 0 bridgehead atoms. The maximum absolute atomic E-state index is 13.4. The molecule has 1 saturated carbocycles. The topological polar surface area (TPSA) is 20.7 Å². The summed E-state index contributed by atoms with van der Waals surface area (Å²) in [6, 6.07) is 3.05. The van der Waals surface area contributed by atoms with Crippen molar-refractivity contribution in [2.45, 2.75) is 26.8 Å². The van der Waals surface area contributed by atoms with Gasteiger partial charge in [-0.15, -0.1) is 0 Å². The molecule has 5 heteroatoms. The lowest BCUT2D eigenvalue weighted by molar-refractivity contribution is 0.502. The molecule has 0 saturated heterocycles. The number of aromatic nitrogens is 2. The average Bonchev–Trinajstić information content (AvgIpc) is 2.76. The van der Waals surface area contributed by atoms with Crippen molar-refractivity contribution in [3.8, 4) is 0 Å². The molecule has 2 nitrogen and oxygen atoms in total. The van der Waals surface area contributed by atoms with Gasteiger partial charge in [0, 0.05) is 12.6 Å². The van der Waals surface area contributed by atoms with Crippen LogP contribution in [0.3, 0.4) is 0 Å². The van der Waals surface area contributed by atoms with Crippen molar-refractivity contribution in [1.82, 2.24) is 9.55 Å². The Labute approximate surface area is 115 Å². The number of aromatic amines is 1. The highest BCUT2D eigenvalue weighted by atomic mass is 35.5. The summed E-state index contributed by atoms with van der Waals surface area (Å²) in [5.74, 6) is 0.214. The molecule has 1 atom stereocenters. The second kappa shape index (κ2) is 3.81. The molecule has 1 aliphatic rings. The van der Waals surface area contributed by atoms with Crippen molar-refractivity contribution in [1.29, 1.82) is 0 Å². The third-order valence-electron chi connectivity index (χ3n) is 3.94. The first-order chi connectivity index (χ1) is 8.38. The summed E-state index contributed by atoms with van der Waals surface area (Å²) in [7, 11) is 0. The second-order valence-electron chi connectivity index (χ2n) is 5.71. The molecule has 0 radical (unpaired) electrons. The lowest BCUT2D eigenvalue weighted by Gasteiger charge is -2.06. The third kappa shape index (κ3) is 1.88. The summed E-state index contributed by atoms with van der Waals surface area (Å²) in [6.07, 6.45) is 1.20. The van der Waals surface area contributed by atoms with Crippen LogP contribution in [0, 0.1) is 21.9 Å². The molecule has 2 aromatic rings. The van der Waals surface area contributed by atoms with E-state index < -0.39 is 5.82 Å². The van der Waals surface area contributed by atoms with E-state index in [1.54, 1.807) is 6.07 Å². The normalized spacial score (nSPS) is 21.4. The van der Waals surface area contributed by atoms with Crippen molar-refractivity contribution in [3.05, 3.63) is 27.7 Å². The first-order valence-electron chi connectivity index (χ1n) is 5.96. The number of nitrogens with zero attached hydrogens (tertiary/aromatic N) is 1. The van der Waals surface area contributed by atoms with Crippen molar-refractivity contribution in [3.63, 3.8) is 0 Å². The van der Waals surface area contributed by atoms with E-state index in [0.29, 0.717) is 21.6 Å². The van der Waals surface area contributed by atoms with Crippen LogP contribution >= 0.6 is 23.8 Å². The monoisotopic (exact) mass is 284 g/mol. The van der Waals surface area contributed by atoms with Gasteiger partial charge in [-0.1, -0.05) is 25.4 Å². The summed E-state index contributed by atoms with van der Waals surface area (Å²) in [5, 5.41) is 0.139. The number of hydrogen-bond donors (Lipinski definition) is 1. The number of halogens is 2. The third-order valence-corrected chi connectivity index (χ3v) is 4.55. The van der Waals surface area contributed by atoms with Crippen LogP contribution in [0.5, 0.6) is 0 Å². The van der Waals surface area contributed by atoms with Gasteiger partial charge in [0.25, 0.3) is 0 Å². The van der Waals surface area contributed by atoms with Gasteiger partial charge < -0.3 is 9.55 Å². The fourth-order valence-corrected chi connectivity index (χ4v) is 2.88. The van der Waals surface area contributed by atoms with Crippen LogP contribution in [0.25, 0.3) is 11.0 Å². The number of imidazole rings is 1. The summed E-state index contributed by atoms with van der Waals surface area (Å²) < 4.78 is 16.0. The standard InChI is InChI=1S/C13H14ClFN2S/c1-13(2)5-7(13)6-17-11-3-8(14)9(15)4-10(11)16-12(17)18/h3-4,7H,5-6H2,1-2H3,(H,16,18). The molecule has 1 N–H and O–H groups in total. The second-order valence-corrected chi connectivity index (χ2v) is 6.51. The quantitative estimate of drug-likeness (QED) is 0.803. The number of rotatable bonds is 2. The minimum Gasteiger partial charge on any atom is -0.330 e. The highest BCUT2D eigenvalue weighted by Gasteiger charge is 2.45. The summed E-state index contributed by atoms with van der Waals surface area (Å²) in [5.41, 5.74) is 1.98. The van der Waals surface area contributed by atoms with E-state index in [-0.39, 0.29) is 5.02 Å². The molecule has 3 rings (SSSR count). The van der Waals surface area contributed by atoms with Crippen molar-refractivity contribution in [2.75, 3.05) is 0 Å². The van der Waals surface area contributed by atoms with Crippen LogP contribution in [0.4, 0.5) is 4.39 Å². The van der Waals surface area contributed by atoms with Gasteiger partial charge in [0.05, 0.1) is 16.1 Å². The molecule has 0 amide bonds. The van der Waals surface area contributed by atoms with Crippen molar-refractivity contribution < 1.29 is 4.39 Å². The maximum Gasteiger partial charge on any atom is 0.178 e. The van der Waals surface area contributed by atoms with E-state index in [4.69, 9.17) is 23.8 Å². The first kappa shape index (κ1) is 12.2. The Bertz CT molecular complexity index is 686. The summed E-state index contributed by atoms with van der Waals surface area (Å²) in [4.78, 5) is 3.03. The number of benzene rings is 1. The summed E-state index contributed by atoms with van der Waals surface area (Å²) in [6.45, 7) is 5.37. The van der Waals surface area contributed by atoms with E-state index >= 15 is 0 Å². The zero-order chi connectivity index (χ0) is 13.1. The largest absolute Gasteiger partial charge is 0.330 e. The molecule has 96 valence electrons. The molecule has 1 fully saturated rings. The highest BCUT2D eigenvalue weighted by Crippen LogP contribution is 2.52. The highest BCUT2D eigenvalue weighted by molar-refractivity contribution is 7.71. The molecule has 1 unspecified atom stereocenters. The number of hydrogen-bond acceptors (Lipinski definition) is 1. The molecule has 1 aromatic carbocycles. The molecule has 18 heavy (non-hydrogen) atoms. The molecule has 1 aromatic heterocycles. The molecule has 0 aliphatic heterocycles. The number of nitrogens with one attached hydrogen (secondary N) is 1. The van der Waals surface area contributed by atoms with Crippen LogP contribution in [-0.4, -0.2) is 9.55 Å². The Hall–Kier alpha value is -0.870. The van der Waals surface area contributed by atoms with Gasteiger partial charge in [0.1, 0.15) is 5.82 Å². The Balaban J connectivity index is 2.08. The fourth-order valence-electron chi connectivity index (χ4n) is 2.44. The van der Waals surface area contributed by atoms with Crippen LogP contribution < -0.4 is 0 Å². The van der Waals surface area contributed by atoms with Gasteiger partial charge >= 0.3 is 0 Å². The fraction of sp³-hybridized carbons (Fsp3) is 0.462. The Morgan fingerprint density at radius 2 is 2.22 bits per heavy atom. The average molecular weight is 285 g/mol. The Kier molecular flexibility index (Phi) is 2.58. The molecule has 1 heterocycles. The zero-order valence-corrected chi connectivity index (χ0v) is 11.8. The lowest BCUT2D eigenvalue weighted by atomic mass is 10.1. The maximum atomic E-state index is 13.4. The van der Waals surface area contributed by atoms with Crippen LogP contribution in [0.2, 0.25) is 5.02 Å². The molecule has 0 spiro atoms. The number of H-pyrrole nitrogens is 1. The SMILES string of the molecule is CC1(C)CC1Cn1c(=S)[nH]c2cc(F)c(Cl)cc21. The zero-order valence-electron chi connectivity index (χ0n) is 10.3. The van der Waals surface area contributed by atoms with Crippen molar-refractivity contribution >= 4 is 34.9 Å². The van der Waals surface area contributed by atoms with Gasteiger partial charge in [-0.05, 0) is 36.0 Å². The van der Waals surface area contributed by atoms with Crippen LogP contribution in [0.1, 0.15) is 20.3 Å². The van der Waals surface area contributed by atoms with Gasteiger partial charge in [0.15, 0.2) is 4.77 Å². The lowest BCUT2D eigenvalue weighted by Crippen LogP contribution is -2.03. The van der Waals surface area contributed by atoms with E-state index in [9.17, 15) is 4.39 Å². The molecule has 1 aliphatic carbocycles. The summed E-state index contributed by atoms with van der Waals surface area (Å²) >= 11 is 11.1. The Morgan fingerprint density at radius 3 is 2.83 bits per heavy atom. The molecular weight excluding hydrogens is 271 g/mol. The van der Waals surface area contributed by atoms with E-state index in [1.165, 1.54) is 12.5 Å². The van der Waals surface area contributed by atoms with Crippen molar-refractivity contribution in [2.24, 2.45) is 11.3 Å². The van der Waals surface area contributed by atoms with E-state index in [1.807, 2.05) is 4.57 Å². The number of fused-ring (bicyclic) bond motifs is 1. The smallest absolute Gasteiger partial charge is 0.178 e. The van der Waals surface area contributed by atoms with Gasteiger partial charge in [-0.3, -0.25) is 0 Å². The van der Waals surface area contributed by atoms with Crippen LogP contribution in [0.15, 0.2) is 12.1 Å². The van der Waals surface area contributed by atoms with Gasteiger partial charge in [-0.25, -0.2) is 4.39 Å².